The normalized spacial score (nSPS) is 17.2. The van der Waals surface area contributed by atoms with Crippen LogP contribution in [0.25, 0.3) is 5.69 Å². The third kappa shape index (κ3) is 5.29. The zero-order chi connectivity index (χ0) is 17.6. The summed E-state index contributed by atoms with van der Waals surface area (Å²) in [6, 6.07) is 9.69. The first kappa shape index (κ1) is 20.4. The highest BCUT2D eigenvalue weighted by molar-refractivity contribution is 5.85. The Labute approximate surface area is 161 Å². The van der Waals surface area contributed by atoms with Gasteiger partial charge in [0.05, 0.1) is 17.9 Å². The number of hydrogen-bond donors (Lipinski definition) is 2. The summed E-state index contributed by atoms with van der Waals surface area (Å²) in [6.07, 6.45) is 4.77. The molecule has 2 N–H and O–H groups in total. The molecule has 2 unspecified atom stereocenters. The van der Waals surface area contributed by atoms with Gasteiger partial charge in [0.25, 0.3) is 0 Å². The van der Waals surface area contributed by atoms with Crippen LogP contribution in [0.2, 0.25) is 0 Å². The van der Waals surface area contributed by atoms with Crippen molar-refractivity contribution < 1.29 is 4.79 Å². The Morgan fingerprint density at radius 1 is 1.27 bits per heavy atom. The third-order valence-corrected chi connectivity index (χ3v) is 5.05. The Balaban J connectivity index is 0.00000243. The first-order chi connectivity index (χ1) is 12.1. The number of piperidine rings is 1. The molecule has 1 amide bonds. The average molecular weight is 378 g/mol. The molecule has 1 aromatic heterocycles. The first-order valence-electron chi connectivity index (χ1n) is 9.11. The minimum Gasteiger partial charge on any atom is -0.348 e. The first-order valence-corrected chi connectivity index (χ1v) is 9.11. The van der Waals surface area contributed by atoms with Crippen LogP contribution in [0, 0.1) is 11.8 Å². The van der Waals surface area contributed by atoms with Crippen molar-refractivity contribution in [3.8, 4) is 5.69 Å². The molecule has 2 aromatic rings. The van der Waals surface area contributed by atoms with Crippen molar-refractivity contribution in [3.63, 3.8) is 0 Å². The van der Waals surface area contributed by atoms with E-state index < -0.39 is 0 Å². The van der Waals surface area contributed by atoms with Gasteiger partial charge >= 0.3 is 0 Å². The number of hydrogen-bond acceptors (Lipinski definition) is 4. The van der Waals surface area contributed by atoms with Crippen molar-refractivity contribution in [2.45, 2.75) is 39.2 Å². The van der Waals surface area contributed by atoms with E-state index >= 15 is 0 Å². The molecule has 1 aliphatic heterocycles. The molecule has 1 fully saturated rings. The van der Waals surface area contributed by atoms with Gasteiger partial charge in [-0.1, -0.05) is 30.3 Å². The van der Waals surface area contributed by atoms with Crippen LogP contribution in [0.3, 0.4) is 0 Å². The maximum absolute atomic E-state index is 12.4. The Hall–Kier alpha value is -1.92. The third-order valence-electron chi connectivity index (χ3n) is 5.05. The van der Waals surface area contributed by atoms with Crippen molar-refractivity contribution in [3.05, 3.63) is 42.2 Å². The summed E-state index contributed by atoms with van der Waals surface area (Å²) in [5, 5.41) is 14.8. The average Bonchev–Trinajstić information content (AvgIpc) is 3.13. The monoisotopic (exact) mass is 377 g/mol. The van der Waals surface area contributed by atoms with Crippen LogP contribution in [0.15, 0.2) is 36.5 Å². The van der Waals surface area contributed by atoms with E-state index in [9.17, 15) is 4.79 Å². The quantitative estimate of drug-likeness (QED) is 0.811. The Bertz CT molecular complexity index is 684. The summed E-state index contributed by atoms with van der Waals surface area (Å²) in [6.45, 7) is 6.27. The maximum atomic E-state index is 12.4. The van der Waals surface area contributed by atoms with E-state index in [-0.39, 0.29) is 24.4 Å². The molecule has 3 rings (SSSR count). The highest BCUT2D eigenvalue weighted by Gasteiger charge is 2.23. The fourth-order valence-corrected chi connectivity index (χ4v) is 3.43. The van der Waals surface area contributed by atoms with Gasteiger partial charge in [0.2, 0.25) is 5.91 Å². The van der Waals surface area contributed by atoms with E-state index in [1.54, 1.807) is 4.68 Å². The van der Waals surface area contributed by atoms with Crippen molar-refractivity contribution in [2.75, 3.05) is 13.1 Å². The number of benzene rings is 1. The number of halogens is 1. The predicted octanol–water partition coefficient (Wildman–Crippen LogP) is 2.89. The van der Waals surface area contributed by atoms with Gasteiger partial charge < -0.3 is 10.6 Å². The SMILES string of the molecule is CC(NC(=O)CC(C)C1CCNCC1)c1cn(-c2ccccc2)nn1.Cl. The molecule has 2 atom stereocenters. The molecule has 1 aromatic carbocycles. The molecule has 0 bridgehead atoms. The Kier molecular flexibility index (Phi) is 7.60. The second kappa shape index (κ2) is 9.69. The molecule has 1 aliphatic rings. The van der Waals surface area contributed by atoms with Gasteiger partial charge in [-0.3, -0.25) is 4.79 Å². The molecule has 0 spiro atoms. The van der Waals surface area contributed by atoms with Crippen molar-refractivity contribution in [2.24, 2.45) is 11.8 Å². The maximum Gasteiger partial charge on any atom is 0.220 e. The van der Waals surface area contributed by atoms with Crippen LogP contribution in [0.1, 0.15) is 44.8 Å². The molecule has 6 nitrogen and oxygen atoms in total. The minimum atomic E-state index is -0.148. The predicted molar refractivity (Wildman–Crippen MR) is 105 cm³/mol. The van der Waals surface area contributed by atoms with Gasteiger partial charge in [-0.15, -0.1) is 17.5 Å². The summed E-state index contributed by atoms with van der Waals surface area (Å²) in [7, 11) is 0. The van der Waals surface area contributed by atoms with Gasteiger partial charge in [0.1, 0.15) is 5.69 Å². The molecule has 2 heterocycles. The summed E-state index contributed by atoms with van der Waals surface area (Å²) in [5.74, 6) is 1.14. The topological polar surface area (TPSA) is 71.8 Å². The zero-order valence-electron chi connectivity index (χ0n) is 15.4. The van der Waals surface area contributed by atoms with Gasteiger partial charge in [0, 0.05) is 6.42 Å². The molecule has 7 heteroatoms. The smallest absolute Gasteiger partial charge is 0.220 e. The zero-order valence-corrected chi connectivity index (χ0v) is 16.2. The fraction of sp³-hybridized carbons (Fsp3) is 0.526. The molecule has 1 saturated heterocycles. The lowest BCUT2D eigenvalue weighted by molar-refractivity contribution is -0.123. The highest BCUT2D eigenvalue weighted by atomic mass is 35.5. The van der Waals surface area contributed by atoms with Crippen LogP contribution in [0.4, 0.5) is 0 Å². The van der Waals surface area contributed by atoms with E-state index in [4.69, 9.17) is 0 Å². The standard InChI is InChI=1S/C19H27N5O.ClH/c1-14(16-8-10-20-11-9-16)12-19(25)21-15(2)18-13-24(23-22-18)17-6-4-3-5-7-17;/h3-7,13-16,20H,8-12H2,1-2H3,(H,21,25);1H. The lowest BCUT2D eigenvalue weighted by Crippen LogP contribution is -2.34. The van der Waals surface area contributed by atoms with Crippen molar-refractivity contribution in [1.29, 1.82) is 0 Å². The van der Waals surface area contributed by atoms with Crippen LogP contribution >= 0.6 is 12.4 Å². The van der Waals surface area contributed by atoms with Gasteiger partial charge in [-0.05, 0) is 56.8 Å². The van der Waals surface area contributed by atoms with Crippen LogP contribution in [-0.4, -0.2) is 34.0 Å². The second-order valence-electron chi connectivity index (χ2n) is 6.98. The van der Waals surface area contributed by atoms with E-state index in [1.807, 2.05) is 43.5 Å². The number of carbonyl (C=O) groups is 1. The van der Waals surface area contributed by atoms with E-state index in [2.05, 4.69) is 27.9 Å². The molecule has 0 radical (unpaired) electrons. The Morgan fingerprint density at radius 2 is 1.96 bits per heavy atom. The fourth-order valence-electron chi connectivity index (χ4n) is 3.43. The lowest BCUT2D eigenvalue weighted by atomic mass is 9.84. The molecular formula is C19H28ClN5O. The summed E-state index contributed by atoms with van der Waals surface area (Å²) in [5.41, 5.74) is 1.73. The highest BCUT2D eigenvalue weighted by Crippen LogP contribution is 2.24. The minimum absolute atomic E-state index is 0. The van der Waals surface area contributed by atoms with E-state index in [0.29, 0.717) is 18.3 Å². The van der Waals surface area contributed by atoms with Gasteiger partial charge in [-0.2, -0.15) is 0 Å². The van der Waals surface area contributed by atoms with E-state index in [0.717, 1.165) is 37.3 Å². The number of nitrogens with zero attached hydrogens (tertiary/aromatic N) is 3. The number of para-hydroxylation sites is 1. The van der Waals surface area contributed by atoms with Crippen LogP contribution < -0.4 is 10.6 Å². The molecule has 0 saturated carbocycles. The summed E-state index contributed by atoms with van der Waals surface area (Å²) in [4.78, 5) is 12.4. The summed E-state index contributed by atoms with van der Waals surface area (Å²) >= 11 is 0. The number of nitrogens with one attached hydrogen (secondary N) is 2. The molecule has 0 aliphatic carbocycles. The number of carbonyl (C=O) groups excluding carboxylic acids is 1. The van der Waals surface area contributed by atoms with E-state index in [1.165, 1.54) is 0 Å². The number of amides is 1. The van der Waals surface area contributed by atoms with Gasteiger partial charge in [0.15, 0.2) is 0 Å². The van der Waals surface area contributed by atoms with Crippen molar-refractivity contribution >= 4 is 18.3 Å². The lowest BCUT2D eigenvalue weighted by Gasteiger charge is -2.28. The van der Waals surface area contributed by atoms with Crippen LogP contribution in [-0.2, 0) is 4.79 Å². The van der Waals surface area contributed by atoms with Crippen molar-refractivity contribution in [1.82, 2.24) is 25.6 Å². The number of rotatable bonds is 6. The molecule has 26 heavy (non-hydrogen) atoms. The molecule has 142 valence electrons. The second-order valence-corrected chi connectivity index (χ2v) is 6.98. The summed E-state index contributed by atoms with van der Waals surface area (Å²) < 4.78 is 1.73. The largest absolute Gasteiger partial charge is 0.348 e. The Morgan fingerprint density at radius 3 is 2.65 bits per heavy atom. The number of aromatic nitrogens is 3. The molecular weight excluding hydrogens is 350 g/mol. The van der Waals surface area contributed by atoms with Crippen LogP contribution in [0.5, 0.6) is 0 Å². The van der Waals surface area contributed by atoms with Gasteiger partial charge in [-0.25, -0.2) is 4.68 Å².